The highest BCUT2D eigenvalue weighted by atomic mass is 31.1. The standard InChI is InChI=1S/C54H64N6O7P/c1-39(2)66-53-17-13-41(29-47(53)33-55)9-5-23-59-51-15-11-43(31-49(51)45-19-27-62-37-45)35-57-21-7-25-64-68(61)65-26-8-22-58-36-44-12-16-52(50(32-44)46-20-28-63-38-46)60-24-6-10-42-14-18-54(67-40(3)4)48(30-42)34-56/h11-20,27-32,37-40,57-60H,5-10,21-26,35-36H2,1-4H3/q+1. The first-order valence-electron chi connectivity index (χ1n) is 23.5. The molecule has 0 saturated carbocycles. The maximum Gasteiger partial charge on any atom is 0.697 e. The van der Waals surface area contributed by atoms with Gasteiger partial charge in [-0.2, -0.15) is 10.5 Å². The van der Waals surface area contributed by atoms with Crippen molar-refractivity contribution in [1.82, 2.24) is 10.6 Å². The van der Waals surface area contributed by atoms with Crippen LogP contribution in [0.3, 0.4) is 0 Å². The van der Waals surface area contributed by atoms with Crippen LogP contribution in [0.4, 0.5) is 11.4 Å². The van der Waals surface area contributed by atoms with Crippen LogP contribution in [0.25, 0.3) is 22.3 Å². The van der Waals surface area contributed by atoms with Crippen molar-refractivity contribution in [2.24, 2.45) is 0 Å². The molecule has 4 aromatic carbocycles. The zero-order valence-electron chi connectivity index (χ0n) is 39.6. The van der Waals surface area contributed by atoms with Crippen LogP contribution in [0.1, 0.15) is 86.8 Å². The topological polar surface area (TPSA) is 176 Å². The molecule has 2 aromatic heterocycles. The van der Waals surface area contributed by atoms with Gasteiger partial charge in [-0.25, -0.2) is 0 Å². The highest BCUT2D eigenvalue weighted by Crippen LogP contribution is 2.32. The van der Waals surface area contributed by atoms with Crippen LogP contribution in [0, 0.1) is 22.7 Å². The van der Waals surface area contributed by atoms with E-state index in [1.807, 2.05) is 76.2 Å². The number of anilines is 2. The van der Waals surface area contributed by atoms with Gasteiger partial charge in [0.1, 0.15) is 36.9 Å². The summed E-state index contributed by atoms with van der Waals surface area (Å²) in [7, 11) is -2.20. The van der Waals surface area contributed by atoms with E-state index in [4.69, 9.17) is 27.4 Å². The predicted molar refractivity (Wildman–Crippen MR) is 268 cm³/mol. The Balaban J connectivity index is 0.839. The maximum atomic E-state index is 12.4. The van der Waals surface area contributed by atoms with Crippen LogP contribution in [0.5, 0.6) is 11.5 Å². The molecule has 0 aliphatic carbocycles. The molecule has 0 aliphatic heterocycles. The lowest BCUT2D eigenvalue weighted by Gasteiger charge is -2.14. The second kappa shape index (κ2) is 27.4. The van der Waals surface area contributed by atoms with Crippen LogP contribution in [-0.4, -0.2) is 51.6 Å². The third kappa shape index (κ3) is 16.4. The highest BCUT2D eigenvalue weighted by molar-refractivity contribution is 7.33. The van der Waals surface area contributed by atoms with Crippen molar-refractivity contribution in [3.05, 3.63) is 143 Å². The molecule has 13 nitrogen and oxygen atoms in total. The van der Waals surface area contributed by atoms with Crippen molar-refractivity contribution in [3.63, 3.8) is 0 Å². The Morgan fingerprint density at radius 2 is 1.00 bits per heavy atom. The number of furan rings is 2. The number of nitrogens with zero attached hydrogens (tertiary/aromatic N) is 2. The molecule has 0 radical (unpaired) electrons. The van der Waals surface area contributed by atoms with Crippen LogP contribution in [0.2, 0.25) is 0 Å². The first-order chi connectivity index (χ1) is 33.2. The van der Waals surface area contributed by atoms with Gasteiger partial charge in [0.15, 0.2) is 0 Å². The van der Waals surface area contributed by atoms with Crippen LogP contribution in [-0.2, 0) is 39.5 Å². The molecule has 0 aliphatic rings. The number of aryl methyl sites for hydroxylation is 2. The minimum absolute atomic E-state index is 0.0116. The van der Waals surface area contributed by atoms with Crippen molar-refractivity contribution >= 4 is 19.6 Å². The zero-order chi connectivity index (χ0) is 47.9. The Morgan fingerprint density at radius 3 is 1.40 bits per heavy atom. The van der Waals surface area contributed by atoms with Gasteiger partial charge >= 0.3 is 8.25 Å². The Labute approximate surface area is 402 Å². The predicted octanol–water partition coefficient (Wildman–Crippen LogP) is 12.0. The van der Waals surface area contributed by atoms with Gasteiger partial charge in [-0.15, -0.1) is 9.05 Å². The molecule has 0 spiro atoms. The number of nitriles is 2. The van der Waals surface area contributed by atoms with Crippen molar-refractivity contribution in [1.29, 1.82) is 10.5 Å². The Kier molecular flexibility index (Phi) is 20.5. The lowest BCUT2D eigenvalue weighted by atomic mass is 10.0. The largest absolute Gasteiger partial charge is 0.697 e. The molecule has 68 heavy (non-hydrogen) atoms. The quantitative estimate of drug-likeness (QED) is 0.0248. The van der Waals surface area contributed by atoms with E-state index in [1.165, 1.54) is 0 Å². The Bertz CT molecular complexity index is 2390. The average molecular weight is 940 g/mol. The van der Waals surface area contributed by atoms with Gasteiger partial charge < -0.3 is 39.6 Å². The summed E-state index contributed by atoms with van der Waals surface area (Å²) >= 11 is 0. The molecular formula is C54H64N6O7P+. The molecule has 0 atom stereocenters. The lowest BCUT2D eigenvalue weighted by Crippen LogP contribution is -2.16. The normalized spacial score (nSPS) is 11.1. The van der Waals surface area contributed by atoms with Crippen LogP contribution in [0.15, 0.2) is 119 Å². The molecule has 356 valence electrons. The van der Waals surface area contributed by atoms with Gasteiger partial charge in [0, 0.05) is 64.4 Å². The van der Waals surface area contributed by atoms with Gasteiger partial charge in [0.25, 0.3) is 0 Å². The summed E-state index contributed by atoms with van der Waals surface area (Å²) in [6, 6.07) is 32.9. The zero-order valence-corrected chi connectivity index (χ0v) is 40.5. The van der Waals surface area contributed by atoms with Crippen LogP contribution >= 0.6 is 8.25 Å². The molecule has 6 rings (SSSR count). The summed E-state index contributed by atoms with van der Waals surface area (Å²) in [5.41, 5.74) is 11.8. The van der Waals surface area contributed by atoms with Gasteiger partial charge in [-0.1, -0.05) is 24.3 Å². The van der Waals surface area contributed by atoms with Crippen LogP contribution < -0.4 is 30.7 Å². The molecular weight excluding hydrogens is 876 g/mol. The number of hydrogen-bond donors (Lipinski definition) is 4. The van der Waals surface area contributed by atoms with Crippen molar-refractivity contribution in [2.75, 3.05) is 50.0 Å². The van der Waals surface area contributed by atoms with E-state index in [0.717, 1.165) is 94.7 Å². The molecule has 0 unspecified atom stereocenters. The first-order valence-corrected chi connectivity index (χ1v) is 24.6. The number of hydrogen-bond acceptors (Lipinski definition) is 13. The number of rotatable bonds is 30. The van der Waals surface area contributed by atoms with E-state index in [0.29, 0.717) is 74.9 Å². The average Bonchev–Trinajstić information content (AvgIpc) is 4.09. The third-order valence-electron chi connectivity index (χ3n) is 10.8. The van der Waals surface area contributed by atoms with Crippen molar-refractivity contribution < 1.29 is 31.9 Å². The summed E-state index contributed by atoms with van der Waals surface area (Å²) in [5.74, 6) is 1.25. The molecule has 4 N–H and O–H groups in total. The molecule has 6 aromatic rings. The fraction of sp³-hybridized carbons (Fsp3) is 0.370. The van der Waals surface area contributed by atoms with E-state index in [-0.39, 0.29) is 12.2 Å². The van der Waals surface area contributed by atoms with E-state index in [2.05, 4.69) is 69.8 Å². The lowest BCUT2D eigenvalue weighted by molar-refractivity contribution is 0.220. The number of ether oxygens (including phenoxy) is 2. The van der Waals surface area contributed by atoms with Gasteiger partial charge in [0.05, 0.1) is 48.4 Å². The summed E-state index contributed by atoms with van der Waals surface area (Å²) < 4.78 is 45.7. The third-order valence-corrected chi connectivity index (χ3v) is 11.6. The van der Waals surface area contributed by atoms with Gasteiger partial charge in [-0.3, -0.25) is 0 Å². The Morgan fingerprint density at radius 1 is 0.559 bits per heavy atom. The number of benzene rings is 4. The van der Waals surface area contributed by atoms with E-state index < -0.39 is 8.25 Å². The minimum Gasteiger partial charge on any atom is -0.490 e. The minimum atomic E-state index is -2.20. The number of nitrogens with one attached hydrogen (secondary N) is 4. The molecule has 0 bridgehead atoms. The fourth-order valence-electron chi connectivity index (χ4n) is 7.58. The first kappa shape index (κ1) is 51.0. The Hall–Kier alpha value is -6.44. The molecule has 0 amide bonds. The smallest absolute Gasteiger partial charge is 0.490 e. The second-order valence-electron chi connectivity index (χ2n) is 17.0. The van der Waals surface area contributed by atoms with Gasteiger partial charge in [0.2, 0.25) is 0 Å². The molecule has 0 fully saturated rings. The van der Waals surface area contributed by atoms with Crippen molar-refractivity contribution in [3.8, 4) is 45.9 Å². The maximum absolute atomic E-state index is 12.4. The monoisotopic (exact) mass is 939 g/mol. The summed E-state index contributed by atoms with van der Waals surface area (Å²) in [5, 5.41) is 33.3. The van der Waals surface area contributed by atoms with E-state index in [9.17, 15) is 15.1 Å². The fourth-order valence-corrected chi connectivity index (χ4v) is 8.21. The second-order valence-corrected chi connectivity index (χ2v) is 18.0. The SMILES string of the molecule is CC(C)Oc1ccc(CCCNc2ccc(CNCCCO[P+](=O)OCCCNCc3ccc(NCCCc4ccc(OC(C)C)c(C#N)c4)c(-c4ccoc4)c3)cc2-c2ccoc2)cc1C#N. The molecule has 0 saturated heterocycles. The summed E-state index contributed by atoms with van der Waals surface area (Å²) in [6.07, 6.45) is 11.7. The van der Waals surface area contributed by atoms with E-state index >= 15 is 0 Å². The van der Waals surface area contributed by atoms with Gasteiger partial charge in [-0.05, 0) is 162 Å². The summed E-state index contributed by atoms with van der Waals surface area (Å²) in [6.45, 7) is 12.7. The summed E-state index contributed by atoms with van der Waals surface area (Å²) in [4.78, 5) is 0. The highest BCUT2D eigenvalue weighted by Gasteiger charge is 2.19. The van der Waals surface area contributed by atoms with E-state index in [1.54, 1.807) is 25.1 Å². The molecule has 2 heterocycles. The molecule has 14 heteroatoms. The van der Waals surface area contributed by atoms with Crippen molar-refractivity contribution in [2.45, 2.75) is 91.5 Å².